The molecule has 6 heteroatoms. The number of nitrogens with two attached hydrogens (primary N) is 1. The monoisotopic (exact) mass is 277 g/mol. The number of primary amides is 1. The smallest absolute Gasteiger partial charge is 0.328 e. The van der Waals surface area contributed by atoms with Gasteiger partial charge in [-0.25, -0.2) is 9.78 Å². The maximum Gasteiger partial charge on any atom is 0.328 e. The van der Waals surface area contributed by atoms with Gasteiger partial charge in [0, 0.05) is 18.8 Å². The summed E-state index contributed by atoms with van der Waals surface area (Å²) in [6.07, 6.45) is 6.03. The van der Waals surface area contributed by atoms with Gasteiger partial charge in [0.2, 0.25) is 5.91 Å². The van der Waals surface area contributed by atoms with Crippen molar-refractivity contribution in [3.8, 4) is 0 Å². The lowest BCUT2D eigenvalue weighted by atomic mass is 10.2. The second-order valence-electron chi connectivity index (χ2n) is 4.36. The molecule has 0 fully saturated rings. The molecule has 0 aromatic carbocycles. The van der Waals surface area contributed by atoms with Crippen molar-refractivity contribution >= 4 is 23.8 Å². The van der Waals surface area contributed by atoms with E-state index >= 15 is 0 Å². The van der Waals surface area contributed by atoms with Crippen LogP contribution in [0.1, 0.15) is 25.3 Å². The summed E-state index contributed by atoms with van der Waals surface area (Å²) in [5, 5.41) is 8.55. The van der Waals surface area contributed by atoms with Gasteiger partial charge in [0.05, 0.1) is 6.54 Å². The van der Waals surface area contributed by atoms with Gasteiger partial charge >= 0.3 is 5.97 Å². The Hall–Kier alpha value is -2.37. The quantitative estimate of drug-likeness (QED) is 0.697. The minimum atomic E-state index is -1.01. The number of anilines is 1. The third-order valence-electron chi connectivity index (χ3n) is 2.64. The van der Waals surface area contributed by atoms with Gasteiger partial charge in [0.15, 0.2) is 0 Å². The van der Waals surface area contributed by atoms with Gasteiger partial charge in [-0.3, -0.25) is 4.79 Å². The summed E-state index contributed by atoms with van der Waals surface area (Å²) in [4.78, 5) is 27.5. The summed E-state index contributed by atoms with van der Waals surface area (Å²) < 4.78 is 0. The molecule has 0 aliphatic carbocycles. The fraction of sp³-hybridized carbons (Fsp3) is 0.357. The number of carboxylic acids is 1. The molecule has 1 aromatic heterocycles. The van der Waals surface area contributed by atoms with E-state index in [1.807, 2.05) is 4.90 Å². The van der Waals surface area contributed by atoms with Crippen molar-refractivity contribution < 1.29 is 14.7 Å². The average Bonchev–Trinajstić information content (AvgIpc) is 2.41. The van der Waals surface area contributed by atoms with Crippen LogP contribution in [0.3, 0.4) is 0 Å². The highest BCUT2D eigenvalue weighted by molar-refractivity contribution is 5.85. The van der Waals surface area contributed by atoms with Gasteiger partial charge in [-0.15, -0.1) is 0 Å². The van der Waals surface area contributed by atoms with Crippen LogP contribution in [0.25, 0.3) is 6.08 Å². The van der Waals surface area contributed by atoms with Gasteiger partial charge in [0.25, 0.3) is 0 Å². The van der Waals surface area contributed by atoms with Crippen LogP contribution in [0, 0.1) is 0 Å². The zero-order valence-electron chi connectivity index (χ0n) is 11.5. The Bertz CT molecular complexity index is 483. The Morgan fingerprint density at radius 3 is 2.70 bits per heavy atom. The second kappa shape index (κ2) is 7.93. The van der Waals surface area contributed by atoms with Crippen molar-refractivity contribution in [1.82, 2.24) is 4.98 Å². The molecule has 1 amide bonds. The molecule has 0 saturated heterocycles. The molecule has 0 bridgehead atoms. The molecule has 0 aliphatic heterocycles. The van der Waals surface area contributed by atoms with Crippen molar-refractivity contribution in [1.29, 1.82) is 0 Å². The van der Waals surface area contributed by atoms with E-state index in [-0.39, 0.29) is 6.54 Å². The van der Waals surface area contributed by atoms with Crippen molar-refractivity contribution in [3.63, 3.8) is 0 Å². The van der Waals surface area contributed by atoms with Crippen LogP contribution in [0.4, 0.5) is 5.82 Å². The molecule has 108 valence electrons. The number of aliphatic carboxylic acids is 1. The van der Waals surface area contributed by atoms with Crippen LogP contribution < -0.4 is 10.6 Å². The third-order valence-corrected chi connectivity index (χ3v) is 2.64. The summed E-state index contributed by atoms with van der Waals surface area (Å²) in [5.74, 6) is -0.755. The van der Waals surface area contributed by atoms with Crippen LogP contribution in [0.2, 0.25) is 0 Å². The number of carbonyl (C=O) groups is 2. The number of hydrogen-bond acceptors (Lipinski definition) is 4. The summed E-state index contributed by atoms with van der Waals surface area (Å²) >= 11 is 0. The van der Waals surface area contributed by atoms with Crippen LogP contribution in [0.5, 0.6) is 0 Å². The minimum Gasteiger partial charge on any atom is -0.478 e. The number of pyridine rings is 1. The molecule has 20 heavy (non-hydrogen) atoms. The van der Waals surface area contributed by atoms with E-state index < -0.39 is 11.9 Å². The molecule has 3 N–H and O–H groups in total. The van der Waals surface area contributed by atoms with Crippen LogP contribution in [-0.2, 0) is 9.59 Å². The van der Waals surface area contributed by atoms with Gasteiger partial charge in [-0.2, -0.15) is 0 Å². The van der Waals surface area contributed by atoms with Crippen molar-refractivity contribution in [2.24, 2.45) is 5.73 Å². The van der Waals surface area contributed by atoms with E-state index in [0.29, 0.717) is 17.9 Å². The van der Waals surface area contributed by atoms with E-state index in [0.717, 1.165) is 18.9 Å². The van der Waals surface area contributed by atoms with Crippen molar-refractivity contribution in [2.45, 2.75) is 19.8 Å². The highest BCUT2D eigenvalue weighted by Crippen LogP contribution is 2.13. The highest BCUT2D eigenvalue weighted by atomic mass is 16.4. The maximum atomic E-state index is 11.1. The fourth-order valence-corrected chi connectivity index (χ4v) is 1.66. The van der Waals surface area contributed by atoms with E-state index in [1.165, 1.54) is 6.08 Å². The average molecular weight is 277 g/mol. The number of aromatic nitrogens is 1. The zero-order valence-corrected chi connectivity index (χ0v) is 11.5. The predicted molar refractivity (Wildman–Crippen MR) is 77.2 cm³/mol. The molecule has 0 radical (unpaired) electrons. The Morgan fingerprint density at radius 1 is 1.45 bits per heavy atom. The largest absolute Gasteiger partial charge is 0.478 e. The summed E-state index contributed by atoms with van der Waals surface area (Å²) in [7, 11) is 0. The number of unbranched alkanes of at least 4 members (excludes halogenated alkanes) is 1. The summed E-state index contributed by atoms with van der Waals surface area (Å²) in [5.41, 5.74) is 5.91. The molecule has 0 unspecified atom stereocenters. The van der Waals surface area contributed by atoms with Gasteiger partial charge in [-0.05, 0) is 30.2 Å². The number of nitrogens with zero attached hydrogens (tertiary/aromatic N) is 2. The first-order valence-corrected chi connectivity index (χ1v) is 6.43. The molecule has 6 nitrogen and oxygen atoms in total. The van der Waals surface area contributed by atoms with Crippen LogP contribution >= 0.6 is 0 Å². The van der Waals surface area contributed by atoms with Gasteiger partial charge < -0.3 is 15.7 Å². The Morgan fingerprint density at radius 2 is 2.20 bits per heavy atom. The number of amides is 1. The first-order valence-electron chi connectivity index (χ1n) is 6.43. The van der Waals surface area contributed by atoms with E-state index in [2.05, 4.69) is 11.9 Å². The molecule has 0 aliphatic rings. The van der Waals surface area contributed by atoms with Crippen molar-refractivity contribution in [3.05, 3.63) is 30.0 Å². The SMILES string of the molecule is CCCCN(CC(N)=O)c1ccc(/C=C/C(=O)O)cn1. The highest BCUT2D eigenvalue weighted by Gasteiger charge is 2.09. The Labute approximate surface area is 117 Å². The lowest BCUT2D eigenvalue weighted by molar-refractivity contribution is -0.131. The van der Waals surface area contributed by atoms with Gasteiger partial charge in [-0.1, -0.05) is 13.3 Å². The van der Waals surface area contributed by atoms with E-state index in [4.69, 9.17) is 10.8 Å². The molecule has 0 saturated carbocycles. The van der Waals surface area contributed by atoms with E-state index in [9.17, 15) is 9.59 Å². The maximum absolute atomic E-state index is 11.1. The second-order valence-corrected chi connectivity index (χ2v) is 4.36. The van der Waals surface area contributed by atoms with Gasteiger partial charge in [0.1, 0.15) is 5.82 Å². The van der Waals surface area contributed by atoms with Crippen molar-refractivity contribution in [2.75, 3.05) is 18.0 Å². The Kier molecular flexibility index (Phi) is 6.22. The summed E-state index contributed by atoms with van der Waals surface area (Å²) in [6, 6.07) is 3.50. The lowest BCUT2D eigenvalue weighted by Crippen LogP contribution is -2.35. The first kappa shape index (κ1) is 15.7. The minimum absolute atomic E-state index is 0.122. The molecular formula is C14H19N3O3. The number of rotatable bonds is 8. The molecular weight excluding hydrogens is 258 g/mol. The molecule has 0 atom stereocenters. The molecule has 0 spiro atoms. The van der Waals surface area contributed by atoms with E-state index in [1.54, 1.807) is 18.3 Å². The van der Waals surface area contributed by atoms with Crippen LogP contribution in [0.15, 0.2) is 24.4 Å². The summed E-state index contributed by atoms with van der Waals surface area (Å²) in [6.45, 7) is 2.89. The van der Waals surface area contributed by atoms with Crippen LogP contribution in [-0.4, -0.2) is 35.1 Å². The molecule has 1 rings (SSSR count). The zero-order chi connectivity index (χ0) is 15.0. The topological polar surface area (TPSA) is 96.5 Å². The number of hydrogen-bond donors (Lipinski definition) is 2. The lowest BCUT2D eigenvalue weighted by Gasteiger charge is -2.21. The first-order chi connectivity index (χ1) is 9.52. The standard InChI is InChI=1S/C14H19N3O3/c1-2-3-8-17(10-12(15)18)13-6-4-11(9-16-13)5-7-14(19)20/h4-7,9H,2-3,8,10H2,1H3,(H2,15,18)(H,19,20)/b7-5+. The fourth-order valence-electron chi connectivity index (χ4n) is 1.66. The molecule has 1 heterocycles. The number of carbonyl (C=O) groups excluding carboxylic acids is 1. The predicted octanol–water partition coefficient (Wildman–Crippen LogP) is 1.27. The normalized spacial score (nSPS) is 10.7. The third kappa shape index (κ3) is 5.51. The molecule has 1 aromatic rings. The Balaban J connectivity index is 2.80. The number of carboxylic acid groups (broad SMARTS) is 1.